The van der Waals surface area contributed by atoms with Crippen molar-refractivity contribution in [1.82, 2.24) is 15.2 Å². The molecule has 3 aromatic carbocycles. The van der Waals surface area contributed by atoms with E-state index < -0.39 is 23.5 Å². The summed E-state index contributed by atoms with van der Waals surface area (Å²) in [6, 6.07) is 27.4. The summed E-state index contributed by atoms with van der Waals surface area (Å²) in [7, 11) is 0. The Labute approximate surface area is 273 Å². The summed E-state index contributed by atoms with van der Waals surface area (Å²) in [5, 5.41) is 13.4. The van der Waals surface area contributed by atoms with Crippen LogP contribution >= 0.6 is 11.6 Å². The zero-order valence-electron chi connectivity index (χ0n) is 25.4. The summed E-state index contributed by atoms with van der Waals surface area (Å²) in [6.07, 6.45) is 4.41. The minimum Gasteiger partial charge on any atom is -0.481 e. The van der Waals surface area contributed by atoms with Gasteiger partial charge in [-0.3, -0.25) is 14.6 Å². The molecule has 1 unspecified atom stereocenters. The smallest absolute Gasteiger partial charge is 0.407 e. The molecule has 2 aliphatic rings. The molecular formula is C37H36ClN3O5. The molecule has 2 atom stereocenters. The fourth-order valence-corrected chi connectivity index (χ4v) is 7.10. The number of hydrogen-bond acceptors (Lipinski definition) is 5. The maximum atomic E-state index is 13.9. The zero-order chi connectivity index (χ0) is 32.1. The van der Waals surface area contributed by atoms with Crippen molar-refractivity contribution in [3.05, 3.63) is 125 Å². The summed E-state index contributed by atoms with van der Waals surface area (Å²) < 4.78 is 5.94. The first-order valence-corrected chi connectivity index (χ1v) is 16.0. The molecule has 1 saturated heterocycles. The molecular weight excluding hydrogens is 602 g/mol. The summed E-state index contributed by atoms with van der Waals surface area (Å²) in [5.41, 5.74) is 5.47. The predicted molar refractivity (Wildman–Crippen MR) is 176 cm³/mol. The number of pyridine rings is 1. The number of hydrogen-bond donors (Lipinski definition) is 2. The summed E-state index contributed by atoms with van der Waals surface area (Å²) >= 11 is 6.16. The number of benzene rings is 3. The highest BCUT2D eigenvalue weighted by Crippen LogP contribution is 2.44. The average molecular weight is 638 g/mol. The van der Waals surface area contributed by atoms with Crippen LogP contribution in [0.25, 0.3) is 11.1 Å². The second kappa shape index (κ2) is 13.7. The normalized spacial score (nSPS) is 17.9. The minimum absolute atomic E-state index is 0.0842. The van der Waals surface area contributed by atoms with E-state index in [1.54, 1.807) is 35.5 Å². The Hall–Kier alpha value is -4.69. The highest BCUT2D eigenvalue weighted by Gasteiger charge is 2.41. The third kappa shape index (κ3) is 7.07. The van der Waals surface area contributed by atoms with E-state index in [2.05, 4.69) is 34.6 Å². The van der Waals surface area contributed by atoms with Gasteiger partial charge in [0.1, 0.15) is 6.61 Å². The molecule has 9 heteroatoms. The first-order valence-electron chi connectivity index (χ1n) is 15.6. The molecule has 0 radical (unpaired) electrons. The molecule has 46 heavy (non-hydrogen) atoms. The van der Waals surface area contributed by atoms with Gasteiger partial charge in [0.05, 0.1) is 17.9 Å². The molecule has 2 N–H and O–H groups in total. The van der Waals surface area contributed by atoms with Crippen molar-refractivity contribution in [2.45, 2.75) is 43.6 Å². The summed E-state index contributed by atoms with van der Waals surface area (Å²) in [5.74, 6) is -2.13. The van der Waals surface area contributed by atoms with E-state index in [0.29, 0.717) is 30.8 Å². The number of aliphatic carboxylic acids is 1. The highest BCUT2D eigenvalue weighted by molar-refractivity contribution is 6.30. The quantitative estimate of drug-likeness (QED) is 0.205. The molecule has 1 fully saturated rings. The number of carbonyl (C=O) groups is 3. The number of alkyl carbamates (subject to hydrolysis) is 1. The third-order valence-electron chi connectivity index (χ3n) is 9.03. The van der Waals surface area contributed by atoms with Crippen molar-refractivity contribution in [2.24, 2.45) is 5.92 Å². The summed E-state index contributed by atoms with van der Waals surface area (Å²) in [4.78, 5) is 45.1. The Kier molecular flexibility index (Phi) is 9.35. The van der Waals surface area contributed by atoms with Gasteiger partial charge in [-0.2, -0.15) is 0 Å². The first-order chi connectivity index (χ1) is 22.3. The average Bonchev–Trinajstić information content (AvgIpc) is 3.38. The predicted octanol–water partition coefficient (Wildman–Crippen LogP) is 6.51. The number of likely N-dealkylation sites (tertiary alicyclic amines) is 1. The number of carboxylic acid groups (broad SMARTS) is 1. The van der Waals surface area contributed by atoms with Crippen LogP contribution < -0.4 is 5.32 Å². The summed E-state index contributed by atoms with van der Waals surface area (Å²) in [6.45, 7) is 0.865. The molecule has 4 aromatic rings. The maximum Gasteiger partial charge on any atom is 0.407 e. The van der Waals surface area contributed by atoms with Crippen LogP contribution in [0.15, 0.2) is 97.3 Å². The van der Waals surface area contributed by atoms with Gasteiger partial charge in [-0.1, -0.05) is 78.3 Å². The van der Waals surface area contributed by atoms with Crippen molar-refractivity contribution in [3.63, 3.8) is 0 Å². The number of nitrogens with zero attached hydrogens (tertiary/aromatic N) is 2. The van der Waals surface area contributed by atoms with Crippen LogP contribution in [-0.2, 0) is 27.2 Å². The fraction of sp³-hybridized carbons (Fsp3) is 0.297. The number of carbonyl (C=O) groups excluding carboxylic acids is 2. The molecule has 6 rings (SSSR count). The first kappa shape index (κ1) is 31.3. The van der Waals surface area contributed by atoms with E-state index in [4.69, 9.17) is 16.3 Å². The number of rotatable bonds is 10. The standard InChI is InChI=1S/C37H36ClN3O5/c38-28-14-12-25(13-15-28)21-37(16-6-18-41(24-37)35(44)27(20-34(42)43)19-26-7-5-17-39-22-26)40-36(45)46-23-33-31-10-3-1-8-29(31)30-9-2-4-11-32(30)33/h1-5,7-15,17,22,27,33H,6,16,18-21,23-24H2,(H,40,45)(H,42,43)/t27?,37-/m1/s1. The Balaban J connectivity index is 1.21. The van der Waals surface area contributed by atoms with E-state index in [-0.39, 0.29) is 37.8 Å². The second-order valence-corrected chi connectivity index (χ2v) is 12.7. The zero-order valence-corrected chi connectivity index (χ0v) is 26.2. The van der Waals surface area contributed by atoms with E-state index in [1.165, 1.54) is 0 Å². The van der Waals surface area contributed by atoms with Gasteiger partial charge >= 0.3 is 12.1 Å². The number of carboxylic acids is 1. The van der Waals surface area contributed by atoms with Gasteiger partial charge in [0, 0.05) is 36.4 Å². The Morgan fingerprint density at radius 1 is 0.957 bits per heavy atom. The maximum absolute atomic E-state index is 13.9. The lowest BCUT2D eigenvalue weighted by Gasteiger charge is -2.44. The SMILES string of the molecule is O=C(O)CC(Cc1cccnc1)C(=O)N1CCC[C@](Cc2ccc(Cl)cc2)(NC(=O)OCC2c3ccccc3-c3ccccc32)C1. The molecule has 236 valence electrons. The number of piperidine rings is 1. The van der Waals surface area contributed by atoms with Gasteiger partial charge < -0.3 is 20.1 Å². The highest BCUT2D eigenvalue weighted by atomic mass is 35.5. The Morgan fingerprint density at radius 2 is 1.65 bits per heavy atom. The molecule has 1 aliphatic carbocycles. The van der Waals surface area contributed by atoms with E-state index >= 15 is 0 Å². The van der Waals surface area contributed by atoms with Gasteiger partial charge in [-0.25, -0.2) is 4.79 Å². The number of aromatic nitrogens is 1. The van der Waals surface area contributed by atoms with Gasteiger partial charge in [-0.15, -0.1) is 0 Å². The number of ether oxygens (including phenoxy) is 1. The van der Waals surface area contributed by atoms with Crippen LogP contribution in [0, 0.1) is 5.92 Å². The van der Waals surface area contributed by atoms with Crippen molar-refractivity contribution >= 4 is 29.6 Å². The van der Waals surface area contributed by atoms with Crippen LogP contribution in [0.5, 0.6) is 0 Å². The second-order valence-electron chi connectivity index (χ2n) is 12.3. The van der Waals surface area contributed by atoms with E-state index in [1.807, 2.05) is 42.5 Å². The van der Waals surface area contributed by atoms with Crippen LogP contribution in [0.3, 0.4) is 0 Å². The fourth-order valence-electron chi connectivity index (χ4n) is 6.97. The molecule has 2 amide bonds. The van der Waals surface area contributed by atoms with Crippen LogP contribution in [0.1, 0.15) is 47.4 Å². The van der Waals surface area contributed by atoms with Gasteiger partial charge in [0.2, 0.25) is 5.91 Å². The van der Waals surface area contributed by atoms with E-state index in [9.17, 15) is 19.5 Å². The number of nitrogens with one attached hydrogen (secondary N) is 1. The van der Waals surface area contributed by atoms with Crippen molar-refractivity contribution in [1.29, 1.82) is 0 Å². The monoisotopic (exact) mass is 637 g/mol. The van der Waals surface area contributed by atoms with Crippen molar-refractivity contribution in [2.75, 3.05) is 19.7 Å². The topological polar surface area (TPSA) is 109 Å². The molecule has 8 nitrogen and oxygen atoms in total. The van der Waals surface area contributed by atoms with Crippen LogP contribution in [0.4, 0.5) is 4.79 Å². The molecule has 1 aromatic heterocycles. The lowest BCUT2D eigenvalue weighted by atomic mass is 9.82. The van der Waals surface area contributed by atoms with Gasteiger partial charge in [-0.05, 0) is 77.3 Å². The molecule has 1 aliphatic heterocycles. The van der Waals surface area contributed by atoms with Crippen LogP contribution in [0.2, 0.25) is 5.02 Å². The Morgan fingerprint density at radius 3 is 2.30 bits per heavy atom. The van der Waals surface area contributed by atoms with Crippen LogP contribution in [-0.4, -0.2) is 58.2 Å². The van der Waals surface area contributed by atoms with E-state index in [0.717, 1.165) is 33.4 Å². The minimum atomic E-state index is -1.04. The molecule has 0 saturated carbocycles. The number of halogens is 1. The lowest BCUT2D eigenvalue weighted by Crippen LogP contribution is -2.61. The number of fused-ring (bicyclic) bond motifs is 3. The van der Waals surface area contributed by atoms with Crippen molar-refractivity contribution < 1.29 is 24.2 Å². The molecule has 2 heterocycles. The lowest BCUT2D eigenvalue weighted by molar-refractivity contribution is -0.145. The Bertz CT molecular complexity index is 1670. The van der Waals surface area contributed by atoms with Gasteiger partial charge in [0.15, 0.2) is 0 Å². The van der Waals surface area contributed by atoms with Gasteiger partial charge in [0.25, 0.3) is 0 Å². The third-order valence-corrected chi connectivity index (χ3v) is 9.28. The number of amides is 2. The largest absolute Gasteiger partial charge is 0.481 e. The molecule has 0 spiro atoms. The molecule has 0 bridgehead atoms. The van der Waals surface area contributed by atoms with Crippen molar-refractivity contribution in [3.8, 4) is 11.1 Å².